The molecular weight excluding hydrogens is 255 g/mol. The molecule has 1 rings (SSSR count). The zero-order chi connectivity index (χ0) is 11.1. The van der Waals surface area contributed by atoms with Gasteiger partial charge in [0.15, 0.2) is 0 Å². The Balaban J connectivity index is 1.86. The molecule has 0 spiro atoms. The van der Waals surface area contributed by atoms with Crippen LogP contribution in [-0.2, 0) is 9.09 Å². The third-order valence-corrected chi connectivity index (χ3v) is 5.68. The number of phosphoric acid groups is 1. The molecule has 0 amide bonds. The van der Waals surface area contributed by atoms with Crippen LogP contribution in [-0.4, -0.2) is 27.4 Å². The van der Waals surface area contributed by atoms with Crippen LogP contribution in [0.5, 0.6) is 0 Å². The van der Waals surface area contributed by atoms with Gasteiger partial charge in [0.25, 0.3) is 0 Å². The highest BCUT2D eigenvalue weighted by atomic mass is 33.1. The molecule has 0 radical (unpaired) electrons. The van der Waals surface area contributed by atoms with Gasteiger partial charge in [-0.25, -0.2) is 4.57 Å². The number of hydrogen-bond donors (Lipinski definition) is 2. The zero-order valence-corrected chi connectivity index (χ0v) is 11.0. The van der Waals surface area contributed by atoms with Crippen molar-refractivity contribution in [3.8, 4) is 0 Å². The van der Waals surface area contributed by atoms with Gasteiger partial charge in [-0.05, 0) is 19.3 Å². The van der Waals surface area contributed by atoms with Gasteiger partial charge in [-0.3, -0.25) is 4.52 Å². The lowest BCUT2D eigenvalue weighted by Crippen LogP contribution is -1.98. The van der Waals surface area contributed by atoms with Gasteiger partial charge in [-0.1, -0.05) is 34.4 Å². The second-order valence-corrected chi connectivity index (χ2v) is 7.53. The maximum Gasteiger partial charge on any atom is 0.469 e. The van der Waals surface area contributed by atoms with E-state index in [1.54, 1.807) is 0 Å². The highest BCUT2D eigenvalue weighted by Gasteiger charge is 2.16. The fourth-order valence-corrected chi connectivity index (χ4v) is 4.79. The molecule has 0 saturated carbocycles. The standard InChI is InChI=1S/C8H17O4PS2/c9-13(10,11)12-6-3-1-2-4-8-5-7-14-15-8/h8H,1-7H2,(H2,9,10,11). The minimum atomic E-state index is -4.24. The molecule has 15 heavy (non-hydrogen) atoms. The summed E-state index contributed by atoms with van der Waals surface area (Å²) >= 11 is 0. The first-order valence-corrected chi connectivity index (χ1v) is 8.97. The number of unbranched alkanes of at least 4 members (excludes halogenated alkanes) is 2. The molecule has 1 saturated heterocycles. The van der Waals surface area contributed by atoms with Gasteiger partial charge in [0.2, 0.25) is 0 Å². The van der Waals surface area contributed by atoms with E-state index < -0.39 is 7.82 Å². The van der Waals surface area contributed by atoms with Crippen molar-refractivity contribution in [2.45, 2.75) is 37.4 Å². The van der Waals surface area contributed by atoms with Gasteiger partial charge in [-0.2, -0.15) is 0 Å². The fourth-order valence-electron chi connectivity index (χ4n) is 1.40. The monoisotopic (exact) mass is 272 g/mol. The Kier molecular flexibility index (Phi) is 6.66. The topological polar surface area (TPSA) is 66.8 Å². The summed E-state index contributed by atoms with van der Waals surface area (Å²) < 4.78 is 14.7. The van der Waals surface area contributed by atoms with E-state index in [9.17, 15) is 4.57 Å². The van der Waals surface area contributed by atoms with Crippen LogP contribution in [0.3, 0.4) is 0 Å². The number of phosphoric ester groups is 1. The number of hydrogen-bond acceptors (Lipinski definition) is 4. The van der Waals surface area contributed by atoms with Crippen LogP contribution >= 0.6 is 29.4 Å². The van der Waals surface area contributed by atoms with Crippen LogP contribution in [0.15, 0.2) is 0 Å². The van der Waals surface area contributed by atoms with E-state index in [0.717, 1.165) is 24.5 Å². The molecule has 0 aliphatic carbocycles. The lowest BCUT2D eigenvalue weighted by atomic mass is 10.1. The molecule has 1 heterocycles. The third-order valence-electron chi connectivity index (χ3n) is 2.16. The van der Waals surface area contributed by atoms with Crippen molar-refractivity contribution >= 4 is 29.4 Å². The molecule has 1 aliphatic heterocycles. The van der Waals surface area contributed by atoms with Crippen molar-refractivity contribution in [3.63, 3.8) is 0 Å². The van der Waals surface area contributed by atoms with Crippen LogP contribution < -0.4 is 0 Å². The molecule has 1 fully saturated rings. The van der Waals surface area contributed by atoms with Gasteiger partial charge in [-0.15, -0.1) is 0 Å². The highest BCUT2D eigenvalue weighted by Crippen LogP contribution is 2.40. The highest BCUT2D eigenvalue weighted by molar-refractivity contribution is 8.77. The Bertz CT molecular complexity index is 215. The Labute approximate surface area is 98.2 Å². The quantitative estimate of drug-likeness (QED) is 0.422. The zero-order valence-electron chi connectivity index (χ0n) is 8.50. The Hall–Kier alpha value is 0.810. The minimum absolute atomic E-state index is 0.164. The van der Waals surface area contributed by atoms with Crippen LogP contribution in [0.4, 0.5) is 0 Å². The summed E-state index contributed by atoms with van der Waals surface area (Å²) in [6, 6.07) is 0. The molecule has 2 N–H and O–H groups in total. The summed E-state index contributed by atoms with van der Waals surface area (Å²) in [5.74, 6) is 1.26. The first kappa shape index (κ1) is 13.9. The van der Waals surface area contributed by atoms with Crippen LogP contribution in [0, 0.1) is 0 Å². The van der Waals surface area contributed by atoms with E-state index >= 15 is 0 Å². The molecule has 0 aromatic rings. The normalized spacial score (nSPS) is 22.1. The van der Waals surface area contributed by atoms with Gasteiger partial charge in [0, 0.05) is 11.0 Å². The molecule has 1 unspecified atom stereocenters. The van der Waals surface area contributed by atoms with Crippen molar-refractivity contribution in [2.75, 3.05) is 12.4 Å². The van der Waals surface area contributed by atoms with E-state index in [1.165, 1.54) is 18.6 Å². The SMILES string of the molecule is O=P(O)(O)OCCCCCC1CCSS1. The molecular formula is C8H17O4PS2. The fraction of sp³-hybridized carbons (Fsp3) is 1.00. The predicted molar refractivity (Wildman–Crippen MR) is 64.9 cm³/mol. The Morgan fingerprint density at radius 1 is 1.33 bits per heavy atom. The van der Waals surface area contributed by atoms with Crippen molar-refractivity contribution < 1.29 is 18.9 Å². The van der Waals surface area contributed by atoms with E-state index in [4.69, 9.17) is 9.79 Å². The van der Waals surface area contributed by atoms with E-state index in [-0.39, 0.29) is 6.61 Å². The molecule has 7 heteroatoms. The molecule has 0 aromatic carbocycles. The summed E-state index contributed by atoms with van der Waals surface area (Å²) in [6.45, 7) is 0.164. The summed E-state index contributed by atoms with van der Waals surface area (Å²) in [7, 11) is -0.328. The van der Waals surface area contributed by atoms with E-state index in [2.05, 4.69) is 4.52 Å². The van der Waals surface area contributed by atoms with Gasteiger partial charge >= 0.3 is 7.82 Å². The van der Waals surface area contributed by atoms with Gasteiger partial charge in [0.05, 0.1) is 6.61 Å². The predicted octanol–water partition coefficient (Wildman–Crippen LogP) is 2.81. The van der Waals surface area contributed by atoms with Crippen molar-refractivity contribution in [1.82, 2.24) is 0 Å². The van der Waals surface area contributed by atoms with Gasteiger partial charge in [0.1, 0.15) is 0 Å². The Morgan fingerprint density at radius 2 is 2.13 bits per heavy atom. The third kappa shape index (κ3) is 7.66. The molecule has 90 valence electrons. The van der Waals surface area contributed by atoms with Crippen molar-refractivity contribution in [1.29, 1.82) is 0 Å². The van der Waals surface area contributed by atoms with Crippen LogP contribution in [0.1, 0.15) is 32.1 Å². The number of rotatable bonds is 7. The molecule has 1 aliphatic rings. The van der Waals surface area contributed by atoms with Crippen LogP contribution in [0.2, 0.25) is 0 Å². The molecule has 1 atom stereocenters. The molecule has 0 aromatic heterocycles. The summed E-state index contributed by atoms with van der Waals surface area (Å²) in [6.07, 6.45) is 5.36. The second-order valence-electron chi connectivity index (χ2n) is 3.50. The summed E-state index contributed by atoms with van der Waals surface area (Å²) in [5, 5.41) is 0.790. The lowest BCUT2D eigenvalue weighted by molar-refractivity contribution is 0.193. The van der Waals surface area contributed by atoms with Crippen molar-refractivity contribution in [3.05, 3.63) is 0 Å². The largest absolute Gasteiger partial charge is 0.469 e. The molecule has 4 nitrogen and oxygen atoms in total. The Morgan fingerprint density at radius 3 is 2.73 bits per heavy atom. The first-order chi connectivity index (χ1) is 7.08. The van der Waals surface area contributed by atoms with Crippen molar-refractivity contribution in [2.24, 2.45) is 0 Å². The lowest BCUT2D eigenvalue weighted by Gasteiger charge is -2.07. The second kappa shape index (κ2) is 7.20. The molecule has 0 bridgehead atoms. The smallest absolute Gasteiger partial charge is 0.303 e. The first-order valence-electron chi connectivity index (χ1n) is 5.06. The summed E-state index contributed by atoms with van der Waals surface area (Å²) in [5.41, 5.74) is 0. The van der Waals surface area contributed by atoms with E-state index in [0.29, 0.717) is 0 Å². The van der Waals surface area contributed by atoms with Crippen LogP contribution in [0.25, 0.3) is 0 Å². The summed E-state index contributed by atoms with van der Waals surface area (Å²) in [4.78, 5) is 16.9. The minimum Gasteiger partial charge on any atom is -0.303 e. The van der Waals surface area contributed by atoms with E-state index in [1.807, 2.05) is 21.6 Å². The average molecular weight is 272 g/mol. The maximum absolute atomic E-state index is 10.3. The van der Waals surface area contributed by atoms with Gasteiger partial charge < -0.3 is 9.79 Å². The average Bonchev–Trinajstić information content (AvgIpc) is 2.61. The maximum atomic E-state index is 10.3.